The van der Waals surface area contributed by atoms with Gasteiger partial charge in [0, 0.05) is 37.1 Å². The van der Waals surface area contributed by atoms with E-state index in [0.29, 0.717) is 43.1 Å². The fraction of sp³-hybridized carbons (Fsp3) is 0.292. The molecule has 0 radical (unpaired) electrons. The highest BCUT2D eigenvalue weighted by atomic mass is 16.5. The van der Waals surface area contributed by atoms with Crippen LogP contribution < -0.4 is 9.64 Å². The van der Waals surface area contributed by atoms with E-state index in [4.69, 9.17) is 9.72 Å². The van der Waals surface area contributed by atoms with Crippen molar-refractivity contribution in [1.82, 2.24) is 9.88 Å². The summed E-state index contributed by atoms with van der Waals surface area (Å²) in [7, 11) is 1.61. The van der Waals surface area contributed by atoms with Crippen LogP contribution in [0.15, 0.2) is 42.5 Å². The average Bonchev–Trinajstić information content (AvgIpc) is 2.79. The summed E-state index contributed by atoms with van der Waals surface area (Å²) in [5.74, 6) is 1.44. The molecule has 1 fully saturated rings. The molecule has 1 aliphatic rings. The number of aromatic nitrogens is 1. The summed E-state index contributed by atoms with van der Waals surface area (Å²) in [4.78, 5) is 21.6. The van der Waals surface area contributed by atoms with Crippen LogP contribution in [0, 0.1) is 25.2 Å². The van der Waals surface area contributed by atoms with Gasteiger partial charge in [0.15, 0.2) is 0 Å². The molecule has 0 unspecified atom stereocenters. The van der Waals surface area contributed by atoms with Crippen molar-refractivity contribution in [2.24, 2.45) is 0 Å². The fourth-order valence-electron chi connectivity index (χ4n) is 3.79. The first-order chi connectivity index (χ1) is 14.5. The number of carbonyl (C=O) groups excluding carboxylic acids is 1. The zero-order valence-electron chi connectivity index (χ0n) is 17.5. The number of benzene rings is 2. The number of hydrogen-bond donors (Lipinski definition) is 0. The number of methoxy groups -OCH3 is 1. The largest absolute Gasteiger partial charge is 0.497 e. The molecule has 0 aliphatic carbocycles. The summed E-state index contributed by atoms with van der Waals surface area (Å²) in [6.07, 6.45) is 0. The minimum absolute atomic E-state index is 0.00961. The van der Waals surface area contributed by atoms with Crippen molar-refractivity contribution >= 4 is 22.6 Å². The number of nitriles is 1. The van der Waals surface area contributed by atoms with E-state index in [-0.39, 0.29) is 5.91 Å². The summed E-state index contributed by atoms with van der Waals surface area (Å²) < 4.78 is 5.16. The molecule has 152 valence electrons. The molecule has 3 aromatic rings. The maximum absolute atomic E-state index is 12.8. The van der Waals surface area contributed by atoms with E-state index in [1.807, 2.05) is 11.0 Å². The Morgan fingerprint density at radius 2 is 1.70 bits per heavy atom. The zero-order chi connectivity index (χ0) is 21.3. The van der Waals surface area contributed by atoms with Crippen molar-refractivity contribution in [2.45, 2.75) is 13.8 Å². The second-order valence-electron chi connectivity index (χ2n) is 7.61. The smallest absolute Gasteiger partial charge is 0.253 e. The number of amides is 1. The SMILES string of the molecule is COc1ccc(C(=O)N2CCN(c3nc4cc(C)c(C)cc4cc3C#N)CC2)cc1. The fourth-order valence-corrected chi connectivity index (χ4v) is 3.79. The van der Waals surface area contributed by atoms with E-state index < -0.39 is 0 Å². The monoisotopic (exact) mass is 400 g/mol. The predicted molar refractivity (Wildman–Crippen MR) is 117 cm³/mol. The molecule has 6 heteroatoms. The molecule has 1 amide bonds. The standard InChI is InChI=1S/C24H24N4O2/c1-16-12-19-14-20(15-25)23(26-22(19)13-17(16)2)27-8-10-28(11-9-27)24(29)18-4-6-21(30-3)7-5-18/h4-7,12-14H,8-11H2,1-3H3. The number of nitrogens with zero attached hydrogens (tertiary/aromatic N) is 4. The molecular weight excluding hydrogens is 376 g/mol. The Morgan fingerprint density at radius 3 is 2.33 bits per heavy atom. The van der Waals surface area contributed by atoms with Crippen molar-refractivity contribution in [3.05, 3.63) is 64.7 Å². The van der Waals surface area contributed by atoms with Crippen LogP contribution in [-0.2, 0) is 0 Å². The lowest BCUT2D eigenvalue weighted by atomic mass is 10.0. The molecule has 0 spiro atoms. The topological polar surface area (TPSA) is 69.5 Å². The van der Waals surface area contributed by atoms with Crippen molar-refractivity contribution in [3.63, 3.8) is 0 Å². The summed E-state index contributed by atoms with van der Waals surface area (Å²) in [6, 6.07) is 15.5. The van der Waals surface area contributed by atoms with Gasteiger partial charge in [-0.05, 0) is 67.4 Å². The molecular formula is C24H24N4O2. The Morgan fingerprint density at radius 1 is 1.03 bits per heavy atom. The van der Waals surface area contributed by atoms with Gasteiger partial charge in [-0.15, -0.1) is 0 Å². The number of hydrogen-bond acceptors (Lipinski definition) is 5. The van der Waals surface area contributed by atoms with Gasteiger partial charge < -0.3 is 14.5 Å². The van der Waals surface area contributed by atoms with E-state index in [1.165, 1.54) is 11.1 Å². The van der Waals surface area contributed by atoms with Gasteiger partial charge >= 0.3 is 0 Å². The van der Waals surface area contributed by atoms with Crippen molar-refractivity contribution in [1.29, 1.82) is 5.26 Å². The number of rotatable bonds is 3. The van der Waals surface area contributed by atoms with Gasteiger partial charge in [-0.2, -0.15) is 5.26 Å². The maximum atomic E-state index is 12.8. The quantitative estimate of drug-likeness (QED) is 0.671. The summed E-state index contributed by atoms with van der Waals surface area (Å²) in [5, 5.41) is 10.7. The first kappa shape index (κ1) is 19.7. The number of aryl methyl sites for hydroxylation is 2. The van der Waals surface area contributed by atoms with E-state index >= 15 is 0 Å². The number of pyridine rings is 1. The van der Waals surface area contributed by atoms with Gasteiger partial charge in [0.25, 0.3) is 5.91 Å². The number of carbonyl (C=O) groups is 1. The highest BCUT2D eigenvalue weighted by Gasteiger charge is 2.24. The minimum atomic E-state index is 0.00961. The van der Waals surface area contributed by atoms with E-state index in [0.717, 1.165) is 16.7 Å². The third-order valence-electron chi connectivity index (χ3n) is 5.73. The molecule has 0 bridgehead atoms. The van der Waals surface area contributed by atoms with Crippen LogP contribution in [-0.4, -0.2) is 49.1 Å². The molecule has 1 aromatic heterocycles. The molecule has 0 N–H and O–H groups in total. The second kappa shape index (κ2) is 8.03. The molecule has 2 aromatic carbocycles. The van der Waals surface area contributed by atoms with Gasteiger partial charge in [0.05, 0.1) is 18.2 Å². The van der Waals surface area contributed by atoms with Crippen LogP contribution >= 0.6 is 0 Å². The van der Waals surface area contributed by atoms with Gasteiger partial charge in [0.1, 0.15) is 17.6 Å². The third-order valence-corrected chi connectivity index (χ3v) is 5.73. The van der Waals surface area contributed by atoms with Gasteiger partial charge in [-0.3, -0.25) is 4.79 Å². The lowest BCUT2D eigenvalue weighted by Crippen LogP contribution is -2.49. The Hall–Kier alpha value is -3.59. The Balaban J connectivity index is 1.53. The normalized spacial score (nSPS) is 13.9. The maximum Gasteiger partial charge on any atom is 0.253 e. The van der Waals surface area contributed by atoms with Crippen LogP contribution in [0.25, 0.3) is 10.9 Å². The summed E-state index contributed by atoms with van der Waals surface area (Å²) >= 11 is 0. The molecule has 1 saturated heterocycles. The van der Waals surface area contributed by atoms with Gasteiger partial charge in [0.2, 0.25) is 0 Å². The molecule has 0 atom stereocenters. The molecule has 6 nitrogen and oxygen atoms in total. The van der Waals surface area contributed by atoms with Crippen LogP contribution in [0.5, 0.6) is 5.75 Å². The number of ether oxygens (including phenoxy) is 1. The van der Waals surface area contributed by atoms with Gasteiger partial charge in [-0.1, -0.05) is 0 Å². The summed E-state index contributed by atoms with van der Waals surface area (Å²) in [6.45, 7) is 6.58. The highest BCUT2D eigenvalue weighted by Crippen LogP contribution is 2.26. The van der Waals surface area contributed by atoms with Gasteiger partial charge in [-0.25, -0.2) is 4.98 Å². The Labute approximate surface area is 176 Å². The summed E-state index contributed by atoms with van der Waals surface area (Å²) in [5.41, 5.74) is 4.48. The molecule has 30 heavy (non-hydrogen) atoms. The van der Waals surface area contributed by atoms with Crippen molar-refractivity contribution < 1.29 is 9.53 Å². The average molecular weight is 400 g/mol. The van der Waals surface area contributed by atoms with Crippen LogP contribution in [0.2, 0.25) is 0 Å². The van der Waals surface area contributed by atoms with Crippen molar-refractivity contribution in [2.75, 3.05) is 38.2 Å². The highest BCUT2D eigenvalue weighted by molar-refractivity contribution is 5.94. The minimum Gasteiger partial charge on any atom is -0.497 e. The number of piperazine rings is 1. The molecule has 0 saturated carbocycles. The first-order valence-corrected chi connectivity index (χ1v) is 10.0. The van der Waals surface area contributed by atoms with E-state index in [1.54, 1.807) is 31.4 Å². The number of anilines is 1. The predicted octanol–water partition coefficient (Wildman–Crippen LogP) is 3.69. The van der Waals surface area contributed by atoms with E-state index in [2.05, 4.69) is 36.9 Å². The van der Waals surface area contributed by atoms with Crippen molar-refractivity contribution in [3.8, 4) is 11.8 Å². The second-order valence-corrected chi connectivity index (χ2v) is 7.61. The zero-order valence-corrected chi connectivity index (χ0v) is 17.5. The molecule has 2 heterocycles. The van der Waals surface area contributed by atoms with Crippen LogP contribution in [0.3, 0.4) is 0 Å². The lowest BCUT2D eigenvalue weighted by molar-refractivity contribution is 0.0746. The Kier molecular flexibility index (Phi) is 5.28. The Bertz CT molecular complexity index is 1140. The third kappa shape index (κ3) is 3.67. The van der Waals surface area contributed by atoms with E-state index in [9.17, 15) is 10.1 Å². The first-order valence-electron chi connectivity index (χ1n) is 10.0. The van der Waals surface area contributed by atoms with Crippen LogP contribution in [0.1, 0.15) is 27.0 Å². The number of fused-ring (bicyclic) bond motifs is 1. The molecule has 1 aliphatic heterocycles. The van der Waals surface area contributed by atoms with Crippen LogP contribution in [0.4, 0.5) is 5.82 Å². The molecule has 4 rings (SSSR count). The lowest BCUT2D eigenvalue weighted by Gasteiger charge is -2.36.